The third-order valence-corrected chi connectivity index (χ3v) is 6.98. The van der Waals surface area contributed by atoms with E-state index in [1.54, 1.807) is 30.7 Å². The number of aromatic nitrogens is 2. The van der Waals surface area contributed by atoms with Gasteiger partial charge in [-0.1, -0.05) is 18.2 Å². The molecule has 0 unspecified atom stereocenters. The van der Waals surface area contributed by atoms with E-state index in [0.717, 1.165) is 24.1 Å². The van der Waals surface area contributed by atoms with Gasteiger partial charge >= 0.3 is 0 Å². The molecule has 0 spiro atoms. The maximum Gasteiger partial charge on any atom is 0.268 e. The Morgan fingerprint density at radius 2 is 1.74 bits per heavy atom. The van der Waals surface area contributed by atoms with E-state index in [4.69, 9.17) is 0 Å². The third-order valence-electron chi connectivity index (χ3n) is 4.91. The van der Waals surface area contributed by atoms with Crippen LogP contribution in [-0.4, -0.2) is 24.7 Å². The van der Waals surface area contributed by atoms with E-state index in [1.165, 1.54) is 16.4 Å². The molecule has 1 aliphatic heterocycles. The summed E-state index contributed by atoms with van der Waals surface area (Å²) in [4.78, 5) is 0.212. The van der Waals surface area contributed by atoms with Crippen LogP contribution in [0.4, 0.5) is 10.1 Å². The number of anilines is 1. The molecular formula is C20H20FN3O2S. The summed E-state index contributed by atoms with van der Waals surface area (Å²) in [5.41, 5.74) is 3.34. The molecular weight excluding hydrogens is 365 g/mol. The minimum atomic E-state index is -3.76. The molecule has 1 aromatic heterocycles. The van der Waals surface area contributed by atoms with Crippen molar-refractivity contribution >= 4 is 15.7 Å². The topological polar surface area (TPSA) is 55.2 Å². The number of hydrogen-bond donors (Lipinski definition) is 0. The predicted molar refractivity (Wildman–Crippen MR) is 102 cm³/mol. The van der Waals surface area contributed by atoms with Gasteiger partial charge in [-0.2, -0.15) is 5.10 Å². The van der Waals surface area contributed by atoms with E-state index in [0.29, 0.717) is 23.6 Å². The van der Waals surface area contributed by atoms with Crippen molar-refractivity contribution in [1.29, 1.82) is 0 Å². The van der Waals surface area contributed by atoms with Crippen molar-refractivity contribution in [2.75, 3.05) is 10.8 Å². The molecule has 140 valence electrons. The molecule has 0 N–H and O–H groups in total. The number of rotatable bonds is 3. The molecule has 3 aromatic rings. The molecule has 5 nitrogen and oxygen atoms in total. The number of hydrogen-bond acceptors (Lipinski definition) is 3. The Hall–Kier alpha value is -2.67. The first-order chi connectivity index (χ1) is 12.9. The fraction of sp³-hybridized carbons (Fsp3) is 0.250. The van der Waals surface area contributed by atoms with Gasteiger partial charge in [0.1, 0.15) is 10.7 Å². The lowest BCUT2D eigenvalue weighted by Crippen LogP contribution is -2.36. The summed E-state index contributed by atoms with van der Waals surface area (Å²) in [5.74, 6) is -0.349. The molecule has 2 aromatic carbocycles. The zero-order chi connectivity index (χ0) is 19.2. The molecule has 0 fully saturated rings. The van der Waals surface area contributed by atoms with Crippen molar-refractivity contribution < 1.29 is 12.8 Å². The average Bonchev–Trinajstić information content (AvgIpc) is 2.96. The van der Waals surface area contributed by atoms with Crippen molar-refractivity contribution in [3.05, 3.63) is 71.3 Å². The van der Waals surface area contributed by atoms with Gasteiger partial charge in [-0.25, -0.2) is 17.5 Å². The van der Waals surface area contributed by atoms with Crippen molar-refractivity contribution in [1.82, 2.24) is 9.78 Å². The van der Waals surface area contributed by atoms with Crippen LogP contribution < -0.4 is 4.31 Å². The van der Waals surface area contributed by atoms with Crippen LogP contribution in [0.1, 0.15) is 23.4 Å². The summed E-state index contributed by atoms with van der Waals surface area (Å²) >= 11 is 0. The zero-order valence-electron chi connectivity index (χ0n) is 15.2. The molecule has 2 heterocycles. The molecule has 0 atom stereocenters. The van der Waals surface area contributed by atoms with Crippen molar-refractivity contribution in [3.8, 4) is 5.69 Å². The Balaban J connectivity index is 1.83. The molecule has 0 saturated carbocycles. The Kier molecular flexibility index (Phi) is 4.26. The van der Waals surface area contributed by atoms with Gasteiger partial charge in [0.15, 0.2) is 0 Å². The molecule has 0 aliphatic carbocycles. The Bertz CT molecular complexity index is 1100. The Labute approximate surface area is 158 Å². The average molecular weight is 385 g/mol. The SMILES string of the molecule is Cc1nn(-c2ccc(F)cc2)c(C)c1S(=O)(=O)N1CCCc2ccccc21. The molecule has 27 heavy (non-hydrogen) atoms. The highest BCUT2D eigenvalue weighted by atomic mass is 32.2. The summed E-state index contributed by atoms with van der Waals surface area (Å²) in [7, 11) is -3.76. The molecule has 0 radical (unpaired) electrons. The highest BCUT2D eigenvalue weighted by molar-refractivity contribution is 7.93. The summed E-state index contributed by atoms with van der Waals surface area (Å²) in [5, 5.41) is 4.42. The van der Waals surface area contributed by atoms with Crippen LogP contribution in [0.2, 0.25) is 0 Å². The van der Waals surface area contributed by atoms with E-state index in [1.807, 2.05) is 24.3 Å². The van der Waals surface area contributed by atoms with E-state index in [-0.39, 0.29) is 10.7 Å². The standard InChI is InChI=1S/C20H20FN3O2S/c1-14-20(15(2)24(22-14)18-11-9-17(21)10-12-18)27(25,26)23-13-5-7-16-6-3-4-8-19(16)23/h3-4,6,8-12H,5,7,13H2,1-2H3. The summed E-state index contributed by atoms with van der Waals surface area (Å²) < 4.78 is 43.3. The lowest BCUT2D eigenvalue weighted by Gasteiger charge is -2.30. The van der Waals surface area contributed by atoms with E-state index in [2.05, 4.69) is 5.10 Å². The van der Waals surface area contributed by atoms with Crippen LogP contribution in [0, 0.1) is 19.7 Å². The van der Waals surface area contributed by atoms with Crippen molar-refractivity contribution in [2.45, 2.75) is 31.6 Å². The lowest BCUT2D eigenvalue weighted by atomic mass is 10.0. The summed E-state index contributed by atoms with van der Waals surface area (Å²) in [6.07, 6.45) is 1.65. The van der Waals surface area contributed by atoms with Crippen LogP contribution in [0.5, 0.6) is 0 Å². The predicted octanol–water partition coefficient (Wildman–Crippen LogP) is 3.77. The van der Waals surface area contributed by atoms with Gasteiger partial charge in [0, 0.05) is 6.54 Å². The lowest BCUT2D eigenvalue weighted by molar-refractivity contribution is 0.585. The van der Waals surface area contributed by atoms with Crippen LogP contribution in [0.3, 0.4) is 0 Å². The van der Waals surface area contributed by atoms with Crippen LogP contribution >= 0.6 is 0 Å². The Morgan fingerprint density at radius 1 is 1.04 bits per heavy atom. The summed E-state index contributed by atoms with van der Waals surface area (Å²) in [6.45, 7) is 3.86. The minimum absolute atomic E-state index is 0.212. The number of nitrogens with zero attached hydrogens (tertiary/aromatic N) is 3. The second-order valence-electron chi connectivity index (χ2n) is 6.70. The van der Waals surface area contributed by atoms with Crippen LogP contribution in [0.25, 0.3) is 5.69 Å². The second-order valence-corrected chi connectivity index (χ2v) is 8.50. The largest absolute Gasteiger partial charge is 0.268 e. The first kappa shape index (κ1) is 17.7. The highest BCUT2D eigenvalue weighted by Gasteiger charge is 2.33. The van der Waals surface area contributed by atoms with Gasteiger partial charge in [-0.15, -0.1) is 0 Å². The quantitative estimate of drug-likeness (QED) is 0.690. The number of halogens is 1. The molecule has 0 bridgehead atoms. The fourth-order valence-electron chi connectivity index (χ4n) is 3.69. The number of fused-ring (bicyclic) bond motifs is 1. The summed E-state index contributed by atoms with van der Waals surface area (Å²) in [6, 6.07) is 13.4. The van der Waals surface area contributed by atoms with Gasteiger partial charge in [0.05, 0.1) is 22.8 Å². The minimum Gasteiger partial charge on any atom is -0.266 e. The van der Waals surface area contributed by atoms with Gasteiger partial charge < -0.3 is 0 Å². The van der Waals surface area contributed by atoms with E-state index in [9.17, 15) is 12.8 Å². The van der Waals surface area contributed by atoms with Gasteiger partial charge in [-0.3, -0.25) is 4.31 Å². The van der Waals surface area contributed by atoms with Gasteiger partial charge in [0.2, 0.25) is 0 Å². The third kappa shape index (κ3) is 2.92. The van der Waals surface area contributed by atoms with Crippen molar-refractivity contribution in [2.24, 2.45) is 0 Å². The van der Waals surface area contributed by atoms with Gasteiger partial charge in [0.25, 0.3) is 10.0 Å². The molecule has 7 heteroatoms. The van der Waals surface area contributed by atoms with Gasteiger partial charge in [-0.05, 0) is 62.6 Å². The first-order valence-electron chi connectivity index (χ1n) is 8.82. The number of benzene rings is 2. The smallest absolute Gasteiger partial charge is 0.266 e. The van der Waals surface area contributed by atoms with E-state index < -0.39 is 10.0 Å². The monoisotopic (exact) mass is 385 g/mol. The normalized spacial score (nSPS) is 14.3. The number of sulfonamides is 1. The molecule has 0 saturated heterocycles. The van der Waals surface area contributed by atoms with Crippen LogP contribution in [-0.2, 0) is 16.4 Å². The highest BCUT2D eigenvalue weighted by Crippen LogP contribution is 2.34. The molecule has 0 amide bonds. The van der Waals surface area contributed by atoms with Crippen LogP contribution in [0.15, 0.2) is 53.4 Å². The first-order valence-corrected chi connectivity index (χ1v) is 10.3. The zero-order valence-corrected chi connectivity index (χ0v) is 16.0. The molecule has 4 rings (SSSR count). The fourth-order valence-corrected chi connectivity index (χ4v) is 5.60. The maximum atomic E-state index is 13.5. The molecule has 1 aliphatic rings. The van der Waals surface area contributed by atoms with Crippen molar-refractivity contribution in [3.63, 3.8) is 0 Å². The Morgan fingerprint density at radius 3 is 2.48 bits per heavy atom. The number of para-hydroxylation sites is 1. The maximum absolute atomic E-state index is 13.5. The van der Waals surface area contributed by atoms with E-state index >= 15 is 0 Å². The number of aryl methyl sites for hydroxylation is 2. The second kappa shape index (κ2) is 6.49.